The highest BCUT2D eigenvalue weighted by Gasteiger charge is 2.03. The van der Waals surface area contributed by atoms with Crippen molar-refractivity contribution in [2.75, 3.05) is 20.3 Å². The van der Waals surface area contributed by atoms with Crippen molar-refractivity contribution in [1.29, 1.82) is 0 Å². The van der Waals surface area contributed by atoms with E-state index in [1.54, 1.807) is 19.5 Å². The lowest BCUT2D eigenvalue weighted by Crippen LogP contribution is -2.18. The summed E-state index contributed by atoms with van der Waals surface area (Å²) in [5.74, 6) is 1.61. The van der Waals surface area contributed by atoms with Crippen molar-refractivity contribution in [3.63, 3.8) is 0 Å². The molecule has 0 unspecified atom stereocenters. The van der Waals surface area contributed by atoms with Gasteiger partial charge in [-0.1, -0.05) is 12.1 Å². The molecule has 2 rings (SSSR count). The first-order valence-corrected chi connectivity index (χ1v) is 6.66. The minimum Gasteiger partial charge on any atom is -0.455 e. The fraction of sp³-hybridized carbons (Fsp3) is 0.312. The number of hydrogen-bond donors (Lipinski definition) is 1. The molecule has 0 spiro atoms. The van der Waals surface area contributed by atoms with E-state index in [0.29, 0.717) is 0 Å². The van der Waals surface area contributed by atoms with E-state index in [-0.39, 0.29) is 0 Å². The summed E-state index contributed by atoms with van der Waals surface area (Å²) < 4.78 is 10.8. The van der Waals surface area contributed by atoms with Crippen molar-refractivity contribution in [2.24, 2.45) is 0 Å². The first-order chi connectivity index (χ1) is 9.79. The van der Waals surface area contributed by atoms with Crippen LogP contribution in [-0.2, 0) is 11.3 Å². The lowest BCUT2D eigenvalue weighted by atomic mass is 10.1. The summed E-state index contributed by atoms with van der Waals surface area (Å²) in [6.07, 6.45) is 3.44. The molecule has 0 aliphatic carbocycles. The van der Waals surface area contributed by atoms with Gasteiger partial charge in [-0.25, -0.2) is 0 Å². The second kappa shape index (κ2) is 7.62. The van der Waals surface area contributed by atoms with Crippen molar-refractivity contribution < 1.29 is 9.47 Å². The summed E-state index contributed by atoms with van der Waals surface area (Å²) in [5.41, 5.74) is 2.34. The quantitative estimate of drug-likeness (QED) is 0.787. The lowest BCUT2D eigenvalue weighted by molar-refractivity contribution is 0.199. The van der Waals surface area contributed by atoms with E-state index in [2.05, 4.69) is 22.4 Å². The van der Waals surface area contributed by atoms with Crippen LogP contribution in [-0.4, -0.2) is 25.2 Å². The van der Waals surface area contributed by atoms with E-state index < -0.39 is 0 Å². The number of nitrogens with one attached hydrogen (secondary N) is 1. The van der Waals surface area contributed by atoms with Gasteiger partial charge in [0.05, 0.1) is 12.8 Å². The number of benzene rings is 1. The Bertz CT molecular complexity index is 529. The van der Waals surface area contributed by atoms with Gasteiger partial charge in [0.25, 0.3) is 0 Å². The summed E-state index contributed by atoms with van der Waals surface area (Å²) in [6.45, 7) is 4.45. The van der Waals surface area contributed by atoms with E-state index in [4.69, 9.17) is 9.47 Å². The monoisotopic (exact) mass is 272 g/mol. The standard InChI is InChI=1S/C16H20N2O2/c1-13-10-14(11-18-8-9-19-2)5-6-16(13)20-15-4-3-7-17-12-15/h3-7,10,12,18H,8-9,11H2,1-2H3. The molecule has 0 radical (unpaired) electrons. The fourth-order valence-corrected chi connectivity index (χ4v) is 1.88. The average Bonchev–Trinajstić information content (AvgIpc) is 2.47. The lowest BCUT2D eigenvalue weighted by Gasteiger charge is -2.10. The van der Waals surface area contributed by atoms with Crippen molar-refractivity contribution in [3.05, 3.63) is 53.9 Å². The smallest absolute Gasteiger partial charge is 0.145 e. The number of methoxy groups -OCH3 is 1. The molecule has 0 saturated carbocycles. The zero-order chi connectivity index (χ0) is 14.2. The van der Waals surface area contributed by atoms with Crippen LogP contribution in [0.4, 0.5) is 0 Å². The molecule has 0 aliphatic rings. The summed E-state index contributed by atoms with van der Waals surface area (Å²) >= 11 is 0. The maximum Gasteiger partial charge on any atom is 0.145 e. The Kier molecular flexibility index (Phi) is 5.53. The molecule has 106 valence electrons. The second-order valence-corrected chi connectivity index (χ2v) is 4.56. The SMILES string of the molecule is COCCNCc1ccc(Oc2cccnc2)c(C)c1. The van der Waals surface area contributed by atoms with E-state index in [9.17, 15) is 0 Å². The highest BCUT2D eigenvalue weighted by Crippen LogP contribution is 2.24. The predicted molar refractivity (Wildman–Crippen MR) is 79.1 cm³/mol. The van der Waals surface area contributed by atoms with Gasteiger partial charge in [-0.15, -0.1) is 0 Å². The number of pyridine rings is 1. The van der Waals surface area contributed by atoms with Crippen LogP contribution in [0.3, 0.4) is 0 Å². The highest BCUT2D eigenvalue weighted by atomic mass is 16.5. The van der Waals surface area contributed by atoms with Crippen LogP contribution in [0.15, 0.2) is 42.7 Å². The molecule has 0 bridgehead atoms. The van der Waals surface area contributed by atoms with Crippen LogP contribution in [0.5, 0.6) is 11.5 Å². The first kappa shape index (κ1) is 14.5. The third-order valence-corrected chi connectivity index (χ3v) is 2.91. The topological polar surface area (TPSA) is 43.4 Å². The molecule has 1 heterocycles. The van der Waals surface area contributed by atoms with Crippen LogP contribution in [0.25, 0.3) is 0 Å². The van der Waals surface area contributed by atoms with E-state index in [1.807, 2.05) is 25.1 Å². The minimum absolute atomic E-state index is 0.723. The fourth-order valence-electron chi connectivity index (χ4n) is 1.88. The Morgan fingerprint density at radius 1 is 1.25 bits per heavy atom. The largest absolute Gasteiger partial charge is 0.455 e. The first-order valence-electron chi connectivity index (χ1n) is 6.66. The number of aromatic nitrogens is 1. The van der Waals surface area contributed by atoms with Crippen molar-refractivity contribution in [3.8, 4) is 11.5 Å². The van der Waals surface area contributed by atoms with Crippen LogP contribution in [0.1, 0.15) is 11.1 Å². The number of aryl methyl sites for hydroxylation is 1. The predicted octanol–water partition coefficient (Wildman–Crippen LogP) is 2.92. The van der Waals surface area contributed by atoms with Gasteiger partial charge < -0.3 is 14.8 Å². The Morgan fingerprint density at radius 2 is 2.15 bits per heavy atom. The van der Waals surface area contributed by atoms with Crippen LogP contribution in [0, 0.1) is 6.92 Å². The van der Waals surface area contributed by atoms with Gasteiger partial charge >= 0.3 is 0 Å². The number of hydrogen-bond acceptors (Lipinski definition) is 4. The Morgan fingerprint density at radius 3 is 2.85 bits per heavy atom. The number of rotatable bonds is 7. The molecule has 1 aromatic carbocycles. The van der Waals surface area contributed by atoms with E-state index in [1.165, 1.54) is 5.56 Å². The molecule has 20 heavy (non-hydrogen) atoms. The average molecular weight is 272 g/mol. The van der Waals surface area contributed by atoms with Crippen LogP contribution >= 0.6 is 0 Å². The Hall–Kier alpha value is -1.91. The van der Waals surface area contributed by atoms with Crippen molar-refractivity contribution >= 4 is 0 Å². The van der Waals surface area contributed by atoms with Crippen molar-refractivity contribution in [1.82, 2.24) is 10.3 Å². The third-order valence-electron chi connectivity index (χ3n) is 2.91. The molecule has 4 heteroatoms. The molecule has 1 N–H and O–H groups in total. The molecule has 0 amide bonds. The van der Waals surface area contributed by atoms with E-state index in [0.717, 1.165) is 36.8 Å². The Labute approximate surface area is 119 Å². The Balaban J connectivity index is 1.95. The molecule has 0 saturated heterocycles. The molecule has 0 atom stereocenters. The number of nitrogens with zero attached hydrogens (tertiary/aromatic N) is 1. The minimum atomic E-state index is 0.723. The molecular weight excluding hydrogens is 252 g/mol. The van der Waals surface area contributed by atoms with Crippen molar-refractivity contribution in [2.45, 2.75) is 13.5 Å². The van der Waals surface area contributed by atoms with Crippen LogP contribution in [0.2, 0.25) is 0 Å². The zero-order valence-electron chi connectivity index (χ0n) is 11.9. The summed E-state index contributed by atoms with van der Waals surface area (Å²) in [4.78, 5) is 4.04. The molecular formula is C16H20N2O2. The molecule has 0 aliphatic heterocycles. The van der Waals surface area contributed by atoms with Gasteiger partial charge in [0, 0.05) is 26.4 Å². The van der Waals surface area contributed by atoms with Gasteiger partial charge in [0.15, 0.2) is 0 Å². The van der Waals surface area contributed by atoms with Crippen LogP contribution < -0.4 is 10.1 Å². The normalized spacial score (nSPS) is 10.5. The van der Waals surface area contributed by atoms with E-state index >= 15 is 0 Å². The maximum atomic E-state index is 5.80. The second-order valence-electron chi connectivity index (χ2n) is 4.56. The summed E-state index contributed by atoms with van der Waals surface area (Å²) in [7, 11) is 1.70. The molecule has 1 aromatic heterocycles. The summed E-state index contributed by atoms with van der Waals surface area (Å²) in [6, 6.07) is 9.95. The zero-order valence-corrected chi connectivity index (χ0v) is 11.9. The van der Waals surface area contributed by atoms with Gasteiger partial charge in [0.1, 0.15) is 11.5 Å². The van der Waals surface area contributed by atoms with Gasteiger partial charge in [-0.05, 0) is 36.2 Å². The molecule has 0 fully saturated rings. The maximum absolute atomic E-state index is 5.80. The van der Waals surface area contributed by atoms with Gasteiger partial charge in [-0.3, -0.25) is 4.98 Å². The highest BCUT2D eigenvalue weighted by molar-refractivity contribution is 5.39. The molecule has 4 nitrogen and oxygen atoms in total. The van der Waals surface area contributed by atoms with Gasteiger partial charge in [0.2, 0.25) is 0 Å². The summed E-state index contributed by atoms with van der Waals surface area (Å²) in [5, 5.41) is 3.32. The number of ether oxygens (including phenoxy) is 2. The third kappa shape index (κ3) is 4.33. The molecule has 2 aromatic rings. The van der Waals surface area contributed by atoms with Gasteiger partial charge in [-0.2, -0.15) is 0 Å².